The van der Waals surface area contributed by atoms with Gasteiger partial charge in [0, 0.05) is 44.2 Å². The molecule has 4 N–H and O–H groups in total. The van der Waals surface area contributed by atoms with Crippen LogP contribution in [0.15, 0.2) is 29.1 Å². The molecule has 0 radical (unpaired) electrons. The summed E-state index contributed by atoms with van der Waals surface area (Å²) in [6, 6.07) is 6.33. The summed E-state index contributed by atoms with van der Waals surface area (Å²) < 4.78 is 6.83. The molecule has 2 fully saturated rings. The number of aromatic nitrogens is 1. The predicted molar refractivity (Wildman–Crippen MR) is 153 cm³/mol. The summed E-state index contributed by atoms with van der Waals surface area (Å²) in [5.74, 6) is 0.362. The van der Waals surface area contributed by atoms with E-state index in [2.05, 4.69) is 44.2 Å². The average molecular weight is 559 g/mol. The zero-order valence-corrected chi connectivity index (χ0v) is 24.6. The molecule has 2 aliphatic rings. The Balaban J connectivity index is 1.57. The second-order valence-electron chi connectivity index (χ2n) is 12.5. The molecular formula is C28H42N4O6Si. The number of carbonyl (C=O) groups is 2. The number of rotatable bonds is 8. The van der Waals surface area contributed by atoms with Crippen LogP contribution in [0.3, 0.4) is 0 Å². The van der Waals surface area contributed by atoms with Crippen LogP contribution in [0.4, 0.5) is 4.79 Å². The summed E-state index contributed by atoms with van der Waals surface area (Å²) in [7, 11) is -2.35. The number of carbonyl (C=O) groups excluding carboxylic acids is 1. The van der Waals surface area contributed by atoms with Crippen LogP contribution < -0.4 is 10.9 Å². The van der Waals surface area contributed by atoms with E-state index in [1.165, 1.54) is 17.0 Å². The van der Waals surface area contributed by atoms with Gasteiger partial charge in [0.05, 0.1) is 24.1 Å². The standard InChI is InChI=1S/C28H42N4O6Si/c1-28(2,3)39(4,5)38-23(20-6-8-22(33)25-21(20)7-9-24(34)30-25)17-32(27(36)37)16-18-10-12-31(13-11-18)26(35)19-14-29-15-19/h6-9,18-19,23,29,33H,10-17H2,1-5H3,(H,30,34)(H,36,37). The van der Waals surface area contributed by atoms with Gasteiger partial charge in [-0.05, 0) is 54.6 Å². The van der Waals surface area contributed by atoms with E-state index in [1.54, 1.807) is 12.1 Å². The molecule has 0 saturated carbocycles. The zero-order chi connectivity index (χ0) is 28.5. The quantitative estimate of drug-likeness (QED) is 0.363. The first-order valence-corrected chi connectivity index (χ1v) is 16.7. The maximum absolute atomic E-state index is 12.6. The molecule has 10 nitrogen and oxygen atoms in total. The number of pyridine rings is 1. The van der Waals surface area contributed by atoms with Crippen LogP contribution in [0.25, 0.3) is 10.9 Å². The van der Waals surface area contributed by atoms with Crippen molar-refractivity contribution < 1.29 is 24.2 Å². The fourth-order valence-electron chi connectivity index (χ4n) is 5.07. The number of hydrogen-bond acceptors (Lipinski definition) is 6. The molecule has 11 heteroatoms. The van der Waals surface area contributed by atoms with Crippen molar-refractivity contribution in [3.8, 4) is 5.75 Å². The molecule has 2 aliphatic heterocycles. The minimum absolute atomic E-state index is 0.0494. The first kappa shape index (κ1) is 29.1. The first-order chi connectivity index (χ1) is 18.3. The topological polar surface area (TPSA) is 135 Å². The lowest BCUT2D eigenvalue weighted by Gasteiger charge is -2.41. The van der Waals surface area contributed by atoms with Crippen LogP contribution in [0.1, 0.15) is 45.3 Å². The minimum Gasteiger partial charge on any atom is -0.506 e. The second-order valence-corrected chi connectivity index (χ2v) is 17.2. The predicted octanol–water partition coefficient (Wildman–Crippen LogP) is 3.73. The van der Waals surface area contributed by atoms with Crippen molar-refractivity contribution in [2.45, 2.75) is 57.8 Å². The summed E-state index contributed by atoms with van der Waals surface area (Å²) in [5.41, 5.74) is 0.705. The molecule has 0 spiro atoms. The number of carboxylic acid groups (broad SMARTS) is 1. The Hall–Kier alpha value is -2.89. The van der Waals surface area contributed by atoms with Gasteiger partial charge in [0.1, 0.15) is 5.75 Å². The lowest BCUT2D eigenvalue weighted by atomic mass is 9.93. The van der Waals surface area contributed by atoms with E-state index < -0.39 is 20.5 Å². The third-order valence-electron chi connectivity index (χ3n) is 8.69. The summed E-state index contributed by atoms with van der Waals surface area (Å²) in [5, 5.41) is 24.3. The van der Waals surface area contributed by atoms with Crippen LogP contribution in [-0.2, 0) is 9.22 Å². The summed E-state index contributed by atoms with van der Waals surface area (Å²) in [4.78, 5) is 43.1. The molecule has 1 aromatic heterocycles. The van der Waals surface area contributed by atoms with Crippen molar-refractivity contribution in [1.82, 2.24) is 20.1 Å². The monoisotopic (exact) mass is 558 g/mol. The Kier molecular flexibility index (Phi) is 8.43. The largest absolute Gasteiger partial charge is 0.506 e. The maximum Gasteiger partial charge on any atom is 0.407 e. The number of fused-ring (bicyclic) bond motifs is 1. The molecule has 3 heterocycles. The number of aromatic amines is 1. The van der Waals surface area contributed by atoms with Crippen molar-refractivity contribution in [1.29, 1.82) is 0 Å². The Morgan fingerprint density at radius 3 is 2.38 bits per heavy atom. The van der Waals surface area contributed by atoms with Gasteiger partial charge in [0.25, 0.3) is 0 Å². The molecule has 1 atom stereocenters. The molecule has 1 aromatic carbocycles. The van der Waals surface area contributed by atoms with Crippen LogP contribution in [-0.4, -0.2) is 84.6 Å². The highest BCUT2D eigenvalue weighted by atomic mass is 28.4. The molecular weight excluding hydrogens is 516 g/mol. The summed E-state index contributed by atoms with van der Waals surface area (Å²) in [6.07, 6.45) is -0.0993. The van der Waals surface area contributed by atoms with E-state index in [0.29, 0.717) is 30.5 Å². The van der Waals surface area contributed by atoms with E-state index in [-0.39, 0.29) is 40.6 Å². The highest BCUT2D eigenvalue weighted by Crippen LogP contribution is 2.41. The Morgan fingerprint density at radius 1 is 1.15 bits per heavy atom. The van der Waals surface area contributed by atoms with Crippen LogP contribution in [0.5, 0.6) is 5.75 Å². The number of H-pyrrole nitrogens is 1. The Morgan fingerprint density at radius 2 is 1.82 bits per heavy atom. The van der Waals surface area contributed by atoms with Gasteiger partial charge < -0.3 is 34.7 Å². The average Bonchev–Trinajstić information content (AvgIpc) is 2.82. The number of nitrogens with zero attached hydrogens (tertiary/aromatic N) is 2. The number of piperidine rings is 1. The molecule has 0 bridgehead atoms. The molecule has 1 unspecified atom stereocenters. The molecule has 2 aromatic rings. The van der Waals surface area contributed by atoms with Crippen molar-refractivity contribution in [2.24, 2.45) is 11.8 Å². The van der Waals surface area contributed by atoms with Gasteiger partial charge >= 0.3 is 6.09 Å². The van der Waals surface area contributed by atoms with Crippen molar-refractivity contribution >= 4 is 31.2 Å². The second kappa shape index (κ2) is 11.3. The van der Waals surface area contributed by atoms with Crippen molar-refractivity contribution in [3.05, 3.63) is 40.2 Å². The number of nitrogens with one attached hydrogen (secondary N) is 2. The van der Waals surface area contributed by atoms with Gasteiger partial charge in [-0.2, -0.15) is 0 Å². The van der Waals surface area contributed by atoms with Crippen molar-refractivity contribution in [3.63, 3.8) is 0 Å². The van der Waals surface area contributed by atoms with Crippen molar-refractivity contribution in [2.75, 3.05) is 39.3 Å². The fraction of sp³-hybridized carbons (Fsp3) is 0.607. The number of phenolic OH excluding ortho intramolecular Hbond substituents is 1. The first-order valence-electron chi connectivity index (χ1n) is 13.8. The zero-order valence-electron chi connectivity index (χ0n) is 23.6. The fourth-order valence-corrected chi connectivity index (χ4v) is 6.34. The highest BCUT2D eigenvalue weighted by molar-refractivity contribution is 6.74. The van der Waals surface area contributed by atoms with Gasteiger partial charge in [-0.25, -0.2) is 4.79 Å². The number of phenols is 1. The van der Waals surface area contributed by atoms with Gasteiger partial charge in [-0.1, -0.05) is 26.8 Å². The maximum atomic E-state index is 12.6. The molecule has 214 valence electrons. The van der Waals surface area contributed by atoms with E-state index in [0.717, 1.165) is 31.5 Å². The number of aromatic hydroxyl groups is 1. The van der Waals surface area contributed by atoms with Crippen LogP contribution in [0, 0.1) is 11.8 Å². The Labute approximate surface area is 230 Å². The van der Waals surface area contributed by atoms with Gasteiger partial charge in [-0.3, -0.25) is 9.59 Å². The van der Waals surface area contributed by atoms with Crippen LogP contribution in [0.2, 0.25) is 18.1 Å². The summed E-state index contributed by atoms with van der Waals surface area (Å²) in [6.45, 7) is 13.9. The molecule has 0 aliphatic carbocycles. The smallest absolute Gasteiger partial charge is 0.407 e. The normalized spacial score (nSPS) is 18.1. The molecule has 2 amide bonds. The number of amides is 2. The minimum atomic E-state index is -2.35. The highest BCUT2D eigenvalue weighted by Gasteiger charge is 2.41. The van der Waals surface area contributed by atoms with Gasteiger partial charge in [0.2, 0.25) is 11.5 Å². The lowest BCUT2D eigenvalue weighted by molar-refractivity contribution is -0.138. The van der Waals surface area contributed by atoms with Gasteiger partial charge in [-0.15, -0.1) is 0 Å². The third-order valence-corrected chi connectivity index (χ3v) is 13.2. The van der Waals surface area contributed by atoms with E-state index in [9.17, 15) is 24.6 Å². The lowest BCUT2D eigenvalue weighted by Crippen LogP contribution is -2.54. The number of hydrogen-bond donors (Lipinski definition) is 4. The third kappa shape index (κ3) is 6.47. The van der Waals surface area contributed by atoms with E-state index in [1.807, 2.05) is 4.90 Å². The molecule has 2 saturated heterocycles. The van der Waals surface area contributed by atoms with Crippen LogP contribution >= 0.6 is 0 Å². The molecule has 4 rings (SSSR count). The molecule has 39 heavy (non-hydrogen) atoms. The SMILES string of the molecule is CC(C)(C)[Si](C)(C)OC(CN(CC1CCN(C(=O)C2CNC2)CC1)C(=O)O)c1ccc(O)c2[nH]c(=O)ccc12. The van der Waals surface area contributed by atoms with E-state index >= 15 is 0 Å². The van der Waals surface area contributed by atoms with Gasteiger partial charge in [0.15, 0.2) is 8.32 Å². The Bertz CT molecular complexity index is 1260. The summed E-state index contributed by atoms with van der Waals surface area (Å²) >= 11 is 0. The van der Waals surface area contributed by atoms with E-state index in [4.69, 9.17) is 4.43 Å². The number of likely N-dealkylation sites (tertiary alicyclic amines) is 1. The number of benzene rings is 1.